The second kappa shape index (κ2) is 8.03. The highest BCUT2D eigenvalue weighted by Gasteiger charge is 2.15. The van der Waals surface area contributed by atoms with Crippen LogP contribution in [0.25, 0.3) is 0 Å². The van der Waals surface area contributed by atoms with Crippen molar-refractivity contribution >= 4 is 50.5 Å². The van der Waals surface area contributed by atoms with E-state index in [2.05, 4.69) is 10.0 Å². The zero-order valence-electron chi connectivity index (χ0n) is 14.1. The number of amides is 1. The molecule has 0 aliphatic heterocycles. The molecule has 10 heteroatoms. The van der Waals surface area contributed by atoms with Gasteiger partial charge in [0.2, 0.25) is 10.0 Å². The van der Waals surface area contributed by atoms with E-state index in [1.54, 1.807) is 6.07 Å². The summed E-state index contributed by atoms with van der Waals surface area (Å²) in [5, 5.41) is 3.03. The molecule has 0 spiro atoms. The van der Waals surface area contributed by atoms with E-state index in [1.165, 1.54) is 38.5 Å². The predicted molar refractivity (Wildman–Crippen MR) is 102 cm³/mol. The van der Waals surface area contributed by atoms with Gasteiger partial charge in [0.1, 0.15) is 5.75 Å². The van der Waals surface area contributed by atoms with Crippen LogP contribution in [0, 0.1) is 0 Å². The Morgan fingerprint density at radius 3 is 2.15 bits per heavy atom. The average Bonchev–Trinajstić information content (AvgIpc) is 2.53. The monoisotopic (exact) mass is 418 g/mol. The Kier molecular flexibility index (Phi) is 6.22. The highest BCUT2D eigenvalue weighted by atomic mass is 35.5. The van der Waals surface area contributed by atoms with Crippen molar-refractivity contribution in [3.05, 3.63) is 45.9 Å². The smallest absolute Gasteiger partial charge is 0.255 e. The van der Waals surface area contributed by atoms with Crippen LogP contribution >= 0.6 is 23.2 Å². The van der Waals surface area contributed by atoms with E-state index in [9.17, 15) is 13.2 Å². The Morgan fingerprint density at radius 2 is 1.65 bits per heavy atom. The summed E-state index contributed by atoms with van der Waals surface area (Å²) in [5.41, 5.74) is 0.762. The number of carbonyl (C=O) groups is 1. The summed E-state index contributed by atoms with van der Waals surface area (Å²) < 4.78 is 35.4. The van der Waals surface area contributed by atoms with Crippen LogP contribution in [-0.2, 0) is 10.0 Å². The molecular weight excluding hydrogens is 403 g/mol. The number of carbonyl (C=O) groups excluding carboxylic acids is 1. The lowest BCUT2D eigenvalue weighted by atomic mass is 10.2. The number of nitrogens with one attached hydrogen (secondary N) is 2. The maximum Gasteiger partial charge on any atom is 0.255 e. The second-order valence-electron chi connectivity index (χ2n) is 5.22. The first-order chi connectivity index (χ1) is 12.1. The molecule has 0 fully saturated rings. The van der Waals surface area contributed by atoms with Crippen molar-refractivity contribution in [2.24, 2.45) is 0 Å². The zero-order chi connectivity index (χ0) is 19.5. The number of sulfonamides is 1. The van der Waals surface area contributed by atoms with Crippen LogP contribution in [0.1, 0.15) is 10.4 Å². The minimum Gasteiger partial charge on any atom is -0.495 e. The molecule has 0 aliphatic rings. The first-order valence-electron chi connectivity index (χ1n) is 7.15. The Labute approximate surface area is 161 Å². The van der Waals surface area contributed by atoms with Crippen LogP contribution in [0.4, 0.5) is 11.4 Å². The van der Waals surface area contributed by atoms with E-state index in [4.69, 9.17) is 32.7 Å². The third-order valence-corrected chi connectivity index (χ3v) is 4.37. The van der Waals surface area contributed by atoms with Gasteiger partial charge >= 0.3 is 0 Å². The molecule has 0 atom stereocenters. The van der Waals surface area contributed by atoms with Crippen LogP contribution in [-0.4, -0.2) is 34.8 Å². The van der Waals surface area contributed by atoms with Crippen LogP contribution in [0.2, 0.25) is 10.0 Å². The molecule has 0 unspecified atom stereocenters. The summed E-state index contributed by atoms with van der Waals surface area (Å²) in [6, 6.07) is 7.36. The van der Waals surface area contributed by atoms with E-state index >= 15 is 0 Å². The number of methoxy groups -OCH3 is 2. The van der Waals surface area contributed by atoms with Crippen molar-refractivity contribution in [3.63, 3.8) is 0 Å². The summed E-state index contributed by atoms with van der Waals surface area (Å²) in [5.74, 6) is 0.102. The predicted octanol–water partition coefficient (Wildman–Crippen LogP) is 3.63. The second-order valence-corrected chi connectivity index (χ2v) is 7.78. The topological polar surface area (TPSA) is 93.7 Å². The molecule has 1 amide bonds. The third-order valence-electron chi connectivity index (χ3n) is 3.22. The maximum atomic E-state index is 12.4. The van der Waals surface area contributed by atoms with Gasteiger partial charge in [0.25, 0.3) is 5.91 Å². The lowest BCUT2D eigenvalue weighted by molar-refractivity contribution is 0.102. The largest absolute Gasteiger partial charge is 0.495 e. The number of hydrogen-bond acceptors (Lipinski definition) is 5. The minimum atomic E-state index is -3.52. The molecular formula is C16H16Cl2N2O5S. The lowest BCUT2D eigenvalue weighted by Crippen LogP contribution is -2.14. The Hall–Kier alpha value is -2.16. The van der Waals surface area contributed by atoms with Crippen molar-refractivity contribution in [1.29, 1.82) is 0 Å². The quantitative estimate of drug-likeness (QED) is 0.746. The minimum absolute atomic E-state index is 0.193. The van der Waals surface area contributed by atoms with Crippen LogP contribution in [0.5, 0.6) is 11.5 Å². The van der Waals surface area contributed by atoms with Gasteiger partial charge in [-0.1, -0.05) is 23.2 Å². The highest BCUT2D eigenvalue weighted by Crippen LogP contribution is 2.34. The zero-order valence-corrected chi connectivity index (χ0v) is 16.4. The van der Waals surface area contributed by atoms with E-state index in [-0.39, 0.29) is 27.0 Å². The van der Waals surface area contributed by atoms with Gasteiger partial charge in [-0.2, -0.15) is 0 Å². The Bertz CT molecular complexity index is 925. The molecule has 0 saturated carbocycles. The van der Waals surface area contributed by atoms with Crippen LogP contribution in [0.3, 0.4) is 0 Å². The molecule has 0 bridgehead atoms. The van der Waals surface area contributed by atoms with Crippen LogP contribution in [0.15, 0.2) is 30.3 Å². The highest BCUT2D eigenvalue weighted by molar-refractivity contribution is 7.92. The normalized spacial score (nSPS) is 11.0. The molecule has 2 aromatic rings. The van der Waals surface area contributed by atoms with Gasteiger partial charge in [0, 0.05) is 11.3 Å². The first-order valence-corrected chi connectivity index (χ1v) is 9.79. The molecule has 0 aromatic heterocycles. The van der Waals surface area contributed by atoms with Gasteiger partial charge in [0.05, 0.1) is 36.2 Å². The Morgan fingerprint density at radius 1 is 1.04 bits per heavy atom. The maximum absolute atomic E-state index is 12.4. The van der Waals surface area contributed by atoms with Crippen molar-refractivity contribution in [2.75, 3.05) is 30.5 Å². The van der Waals surface area contributed by atoms with E-state index < -0.39 is 15.9 Å². The van der Waals surface area contributed by atoms with E-state index in [1.807, 2.05) is 0 Å². The fourth-order valence-corrected chi connectivity index (χ4v) is 3.35. The number of ether oxygens (including phenoxy) is 2. The summed E-state index contributed by atoms with van der Waals surface area (Å²) in [7, 11) is -0.695. The summed E-state index contributed by atoms with van der Waals surface area (Å²) >= 11 is 12.1. The van der Waals surface area contributed by atoms with Crippen molar-refractivity contribution in [2.45, 2.75) is 0 Å². The summed E-state index contributed by atoms with van der Waals surface area (Å²) in [6.45, 7) is 0. The standard InChI is InChI=1S/C16H16Cl2N2O5S/c1-24-14-5-4-10(8-13(14)20-26(3,22)23)19-16(21)9-6-11(17)15(25-2)12(18)7-9/h4-8,20H,1-3H3,(H,19,21). The van der Waals surface area contributed by atoms with Gasteiger partial charge in [-0.3, -0.25) is 9.52 Å². The van der Waals surface area contributed by atoms with Crippen LogP contribution < -0.4 is 19.5 Å². The average molecular weight is 419 g/mol. The summed E-state index contributed by atoms with van der Waals surface area (Å²) in [6.07, 6.45) is 1.01. The SMILES string of the molecule is COc1ccc(NC(=O)c2cc(Cl)c(OC)c(Cl)c2)cc1NS(C)(=O)=O. The number of rotatable bonds is 6. The van der Waals surface area contributed by atoms with Gasteiger partial charge in [0.15, 0.2) is 5.75 Å². The summed E-state index contributed by atoms with van der Waals surface area (Å²) in [4.78, 5) is 12.4. The van der Waals surface area contributed by atoms with Crippen molar-refractivity contribution in [3.8, 4) is 11.5 Å². The van der Waals surface area contributed by atoms with E-state index in [0.29, 0.717) is 11.4 Å². The fourth-order valence-electron chi connectivity index (χ4n) is 2.15. The molecule has 2 N–H and O–H groups in total. The molecule has 26 heavy (non-hydrogen) atoms. The molecule has 2 rings (SSSR count). The Balaban J connectivity index is 2.31. The van der Waals surface area contributed by atoms with Gasteiger partial charge < -0.3 is 14.8 Å². The fraction of sp³-hybridized carbons (Fsp3) is 0.188. The number of anilines is 2. The molecule has 0 aliphatic carbocycles. The molecule has 140 valence electrons. The molecule has 0 saturated heterocycles. The molecule has 2 aromatic carbocycles. The molecule has 0 radical (unpaired) electrons. The van der Waals surface area contributed by atoms with Gasteiger partial charge in [-0.05, 0) is 30.3 Å². The lowest BCUT2D eigenvalue weighted by Gasteiger charge is -2.13. The van der Waals surface area contributed by atoms with Gasteiger partial charge in [-0.15, -0.1) is 0 Å². The number of hydrogen-bond donors (Lipinski definition) is 2. The first kappa shape index (κ1) is 20.2. The van der Waals surface area contributed by atoms with Gasteiger partial charge in [-0.25, -0.2) is 8.42 Å². The van der Waals surface area contributed by atoms with Crippen molar-refractivity contribution < 1.29 is 22.7 Å². The van der Waals surface area contributed by atoms with Crippen molar-refractivity contribution in [1.82, 2.24) is 0 Å². The van der Waals surface area contributed by atoms with E-state index in [0.717, 1.165) is 6.26 Å². The third kappa shape index (κ3) is 4.94. The number of halogens is 2. The molecule has 0 heterocycles. The number of benzene rings is 2. The molecule has 7 nitrogen and oxygen atoms in total.